The van der Waals surface area contributed by atoms with Crippen LogP contribution in [0.15, 0.2) is 72.8 Å². The Bertz CT molecular complexity index is 939. The maximum Gasteiger partial charge on any atom is 0.0132 e. The minimum absolute atomic E-state index is 0.294. The third-order valence-corrected chi connectivity index (χ3v) is 7.47. The Labute approximate surface area is 188 Å². The summed E-state index contributed by atoms with van der Waals surface area (Å²) in [7, 11) is -0.589. The van der Waals surface area contributed by atoms with Crippen LogP contribution in [-0.2, 0) is 24.2 Å². The van der Waals surface area contributed by atoms with E-state index in [0.29, 0.717) is 0 Å². The molecule has 0 unspecified atom stereocenters. The van der Waals surface area contributed by atoms with E-state index in [0.717, 1.165) is 0 Å². The van der Waals surface area contributed by atoms with Crippen molar-refractivity contribution in [3.63, 3.8) is 0 Å². The zero-order valence-corrected chi connectivity index (χ0v) is 22.4. The fourth-order valence-electron chi connectivity index (χ4n) is 3.17. The van der Waals surface area contributed by atoms with Gasteiger partial charge in [-0.3, -0.25) is 0 Å². The standard InChI is InChI=1S/2C11H12Si.C3H6.Zr/c2*1-12(2)11-8-7-9-5-3-4-6-10(9)11;1-3-2;/h2*3-8H,1-2H3;1-2H3;/q2*-1;;+2. The summed E-state index contributed by atoms with van der Waals surface area (Å²) in [5, 5.41) is 8.82. The van der Waals surface area contributed by atoms with Crippen LogP contribution in [0.2, 0.25) is 26.2 Å². The van der Waals surface area contributed by atoms with E-state index in [2.05, 4.69) is 113 Å². The van der Waals surface area contributed by atoms with Gasteiger partial charge >= 0.3 is 41.3 Å². The Balaban J connectivity index is 0.000000169. The Morgan fingerprint density at radius 1 is 0.679 bits per heavy atom. The average Bonchev–Trinajstić information content (AvgIpc) is 3.26. The molecule has 0 nitrogen and oxygen atoms in total. The summed E-state index contributed by atoms with van der Waals surface area (Å²) in [5.74, 6) is 0. The molecule has 0 aliphatic heterocycles. The van der Waals surface area contributed by atoms with Gasteiger partial charge in [-0.2, -0.15) is 33.3 Å². The van der Waals surface area contributed by atoms with Crippen LogP contribution in [-0.4, -0.2) is 20.8 Å². The fraction of sp³-hybridized carbons (Fsp3) is 0.240. The predicted molar refractivity (Wildman–Crippen MR) is 130 cm³/mol. The molecule has 4 rings (SSSR count). The number of rotatable bonds is 2. The van der Waals surface area contributed by atoms with Crippen molar-refractivity contribution >= 4 is 52.7 Å². The third-order valence-electron chi connectivity index (χ3n) is 4.44. The molecule has 28 heavy (non-hydrogen) atoms. The first-order valence-electron chi connectivity index (χ1n) is 9.73. The van der Waals surface area contributed by atoms with E-state index >= 15 is 0 Å². The third kappa shape index (κ3) is 6.44. The molecule has 0 fully saturated rings. The summed E-state index contributed by atoms with van der Waals surface area (Å²) in [6, 6.07) is 26.3. The second-order valence-corrected chi connectivity index (χ2v) is 15.2. The van der Waals surface area contributed by atoms with E-state index in [1.165, 1.54) is 24.8 Å². The molecular weight excluding hydrogens is 448 g/mol. The van der Waals surface area contributed by atoms with Crippen LogP contribution in [0, 0.1) is 0 Å². The molecule has 0 atom stereocenters. The monoisotopic (exact) mass is 476 g/mol. The Morgan fingerprint density at radius 2 is 1.00 bits per heavy atom. The molecule has 0 aromatic heterocycles. The van der Waals surface area contributed by atoms with E-state index in [9.17, 15) is 0 Å². The van der Waals surface area contributed by atoms with Gasteiger partial charge in [-0.1, -0.05) is 38.3 Å². The maximum absolute atomic E-state index is 2.34. The summed E-state index contributed by atoms with van der Waals surface area (Å²) >= 11 is 1.55. The number of hydrogen-bond donors (Lipinski definition) is 0. The molecular formula is C25H30Si2Zr. The zero-order chi connectivity index (χ0) is 20.7. The second kappa shape index (κ2) is 11.1. The van der Waals surface area contributed by atoms with Gasteiger partial charge in [0.05, 0.1) is 0 Å². The Morgan fingerprint density at radius 3 is 1.32 bits per heavy atom. The van der Waals surface area contributed by atoms with Gasteiger partial charge in [-0.25, -0.2) is 0 Å². The molecule has 0 N–H and O–H groups in total. The molecule has 0 spiro atoms. The summed E-state index contributed by atoms with van der Waals surface area (Å²) in [5.41, 5.74) is 0. The summed E-state index contributed by atoms with van der Waals surface area (Å²) in [6.07, 6.45) is 0. The van der Waals surface area contributed by atoms with Gasteiger partial charge in [0.1, 0.15) is 0 Å². The van der Waals surface area contributed by atoms with Gasteiger partial charge in [0.25, 0.3) is 0 Å². The molecule has 4 aromatic carbocycles. The van der Waals surface area contributed by atoms with Crippen LogP contribution in [0.25, 0.3) is 21.5 Å². The fourth-order valence-corrected chi connectivity index (χ4v) is 5.54. The summed E-state index contributed by atoms with van der Waals surface area (Å²) < 4.78 is 1.51. The second-order valence-electron chi connectivity index (χ2n) is 7.67. The van der Waals surface area contributed by atoms with Crippen molar-refractivity contribution in [1.29, 1.82) is 0 Å². The molecule has 0 saturated heterocycles. The predicted octanol–water partition coefficient (Wildman–Crippen LogP) is 5.79. The van der Waals surface area contributed by atoms with E-state index < -0.39 is 0 Å². The van der Waals surface area contributed by atoms with Gasteiger partial charge in [0.15, 0.2) is 0 Å². The minimum Gasteiger partial charge on any atom is -0.159 e. The molecule has 0 aliphatic carbocycles. The van der Waals surface area contributed by atoms with Crippen LogP contribution in [0.4, 0.5) is 0 Å². The molecule has 4 aromatic rings. The smallest absolute Gasteiger partial charge is 0.0132 e. The van der Waals surface area contributed by atoms with Gasteiger partial charge < -0.3 is 0 Å². The van der Waals surface area contributed by atoms with Crippen LogP contribution in [0.5, 0.6) is 0 Å². The first-order valence-corrected chi connectivity index (χ1v) is 16.0. The van der Waals surface area contributed by atoms with Crippen LogP contribution < -0.4 is 10.4 Å². The molecule has 142 valence electrons. The largest absolute Gasteiger partial charge is 0.159 e. The van der Waals surface area contributed by atoms with Crippen molar-refractivity contribution in [2.24, 2.45) is 0 Å². The average molecular weight is 478 g/mol. The van der Waals surface area contributed by atoms with Crippen LogP contribution in [0.1, 0.15) is 13.8 Å². The van der Waals surface area contributed by atoms with Gasteiger partial charge in [0, 0.05) is 17.6 Å². The summed E-state index contributed by atoms with van der Waals surface area (Å²) in [6.45, 7) is 13.6. The van der Waals surface area contributed by atoms with Gasteiger partial charge in [-0.05, 0) is 0 Å². The Kier molecular flexibility index (Phi) is 9.20. The van der Waals surface area contributed by atoms with E-state index in [-0.39, 0.29) is 17.6 Å². The van der Waals surface area contributed by atoms with Crippen molar-refractivity contribution < 1.29 is 24.2 Å². The molecule has 3 heteroatoms. The number of benzene rings is 2. The number of fused-ring (bicyclic) bond motifs is 2. The summed E-state index contributed by atoms with van der Waals surface area (Å²) in [4.78, 5) is 0. The molecule has 0 aliphatic rings. The van der Waals surface area contributed by atoms with Crippen molar-refractivity contribution in [2.75, 3.05) is 0 Å². The molecule has 0 heterocycles. The van der Waals surface area contributed by atoms with Crippen molar-refractivity contribution in [1.82, 2.24) is 0 Å². The Hall–Kier alpha value is -1.15. The molecule has 0 amide bonds. The number of hydrogen-bond acceptors (Lipinski definition) is 0. The van der Waals surface area contributed by atoms with E-state index in [4.69, 9.17) is 0 Å². The molecule has 0 saturated carbocycles. The quantitative estimate of drug-likeness (QED) is 0.253. The zero-order valence-electron chi connectivity index (χ0n) is 17.9. The normalized spacial score (nSPS) is 10.6. The molecule has 0 bridgehead atoms. The first kappa shape index (κ1) is 23.1. The topological polar surface area (TPSA) is 0 Å². The van der Waals surface area contributed by atoms with Gasteiger partial charge in [0.2, 0.25) is 0 Å². The molecule has 2 radical (unpaired) electrons. The van der Waals surface area contributed by atoms with Crippen molar-refractivity contribution in [3.8, 4) is 0 Å². The van der Waals surface area contributed by atoms with Gasteiger partial charge in [-0.15, -0.1) is 59.3 Å². The van der Waals surface area contributed by atoms with E-state index in [1.807, 2.05) is 0 Å². The van der Waals surface area contributed by atoms with Crippen molar-refractivity contribution in [2.45, 2.75) is 40.0 Å². The van der Waals surface area contributed by atoms with E-state index in [1.54, 1.807) is 34.6 Å². The van der Waals surface area contributed by atoms with Crippen molar-refractivity contribution in [3.05, 3.63) is 72.8 Å². The van der Waals surface area contributed by atoms with Crippen LogP contribution >= 0.6 is 0 Å². The maximum atomic E-state index is 2.34. The minimum atomic E-state index is -0.294. The first-order chi connectivity index (χ1) is 13.3. The SMILES string of the molecule is C[C](C)=[Zr+2].C[Si](C)c1c[cH-]c2ccccc12.C[Si](C)c1c[cH-]c2ccccc12. The van der Waals surface area contributed by atoms with Crippen LogP contribution in [0.3, 0.4) is 0 Å².